The lowest BCUT2D eigenvalue weighted by atomic mass is 10.1. The SMILES string of the molecule is CN1C(=O)/C(=C/c2ccc(-c3cc([N+](=O)[O-])c(Cl)cc3Cl)o2)C(=O)NC1=S. The molecule has 0 spiro atoms. The average Bonchev–Trinajstić information content (AvgIpc) is 3.05. The Balaban J connectivity index is 2.00. The number of amides is 2. The van der Waals surface area contributed by atoms with Gasteiger partial charge in [-0.1, -0.05) is 23.2 Å². The van der Waals surface area contributed by atoms with E-state index in [0.29, 0.717) is 0 Å². The largest absolute Gasteiger partial charge is 0.457 e. The minimum atomic E-state index is -0.652. The highest BCUT2D eigenvalue weighted by Gasteiger charge is 2.31. The van der Waals surface area contributed by atoms with Crippen molar-refractivity contribution in [2.24, 2.45) is 0 Å². The molecule has 1 saturated heterocycles. The van der Waals surface area contributed by atoms with Crippen molar-refractivity contribution in [2.45, 2.75) is 0 Å². The van der Waals surface area contributed by atoms with Gasteiger partial charge >= 0.3 is 0 Å². The monoisotopic (exact) mass is 425 g/mol. The van der Waals surface area contributed by atoms with Crippen LogP contribution in [-0.2, 0) is 9.59 Å². The Bertz CT molecular complexity index is 1050. The predicted molar refractivity (Wildman–Crippen MR) is 102 cm³/mol. The molecule has 1 aromatic carbocycles. The Hall–Kier alpha value is -2.75. The summed E-state index contributed by atoms with van der Waals surface area (Å²) in [5.74, 6) is -0.847. The predicted octanol–water partition coefficient (Wildman–Crippen LogP) is 3.42. The molecule has 0 atom stereocenters. The highest BCUT2D eigenvalue weighted by atomic mass is 35.5. The van der Waals surface area contributed by atoms with Gasteiger partial charge in [0, 0.05) is 18.7 Å². The van der Waals surface area contributed by atoms with Gasteiger partial charge in [0.05, 0.1) is 9.95 Å². The van der Waals surface area contributed by atoms with Crippen LogP contribution in [-0.4, -0.2) is 33.8 Å². The van der Waals surface area contributed by atoms with Crippen LogP contribution in [0.25, 0.3) is 17.4 Å². The van der Waals surface area contributed by atoms with Gasteiger partial charge in [0.15, 0.2) is 5.11 Å². The molecule has 0 saturated carbocycles. The lowest BCUT2D eigenvalue weighted by Crippen LogP contribution is -2.52. The standard InChI is InChI=1S/C16H9Cl2N3O5S/c1-20-15(23)9(14(22)19-16(20)27)4-7-2-3-13(26-7)8-5-12(21(24)25)11(18)6-10(8)17/h2-6H,1H3,(H,19,22,27)/b9-4+. The van der Waals surface area contributed by atoms with Crippen LogP contribution in [0.4, 0.5) is 5.69 Å². The summed E-state index contributed by atoms with van der Waals surface area (Å²) in [4.78, 5) is 35.7. The van der Waals surface area contributed by atoms with Gasteiger partial charge in [-0.25, -0.2) is 0 Å². The molecule has 1 aromatic heterocycles. The molecular weight excluding hydrogens is 417 g/mol. The van der Waals surface area contributed by atoms with E-state index in [1.165, 1.54) is 37.4 Å². The highest BCUT2D eigenvalue weighted by molar-refractivity contribution is 7.80. The quantitative estimate of drug-likeness (QED) is 0.265. The lowest BCUT2D eigenvalue weighted by Gasteiger charge is -2.24. The van der Waals surface area contributed by atoms with Gasteiger partial charge in [0.2, 0.25) is 0 Å². The first kappa shape index (κ1) is 19.0. The summed E-state index contributed by atoms with van der Waals surface area (Å²) in [6.45, 7) is 0. The fraction of sp³-hybridized carbons (Fsp3) is 0.0625. The summed E-state index contributed by atoms with van der Waals surface area (Å²) < 4.78 is 5.58. The van der Waals surface area contributed by atoms with Crippen LogP contribution in [0.15, 0.2) is 34.3 Å². The second-order valence-corrected chi connectivity index (χ2v) is 6.63. The third-order valence-electron chi connectivity index (χ3n) is 3.72. The van der Waals surface area contributed by atoms with Crippen LogP contribution < -0.4 is 5.32 Å². The van der Waals surface area contributed by atoms with E-state index in [-0.39, 0.29) is 43.5 Å². The molecule has 2 amide bonds. The molecule has 3 rings (SSSR count). The maximum absolute atomic E-state index is 12.2. The van der Waals surface area contributed by atoms with Crippen molar-refractivity contribution >= 4 is 64.1 Å². The van der Waals surface area contributed by atoms with Crippen molar-refractivity contribution in [1.82, 2.24) is 10.2 Å². The van der Waals surface area contributed by atoms with Crippen LogP contribution in [0.5, 0.6) is 0 Å². The number of rotatable bonds is 3. The van der Waals surface area contributed by atoms with Gasteiger partial charge < -0.3 is 4.42 Å². The Morgan fingerprint density at radius 3 is 2.63 bits per heavy atom. The molecule has 0 radical (unpaired) electrons. The van der Waals surface area contributed by atoms with Crippen LogP contribution in [0.2, 0.25) is 10.0 Å². The third kappa shape index (κ3) is 3.57. The second-order valence-electron chi connectivity index (χ2n) is 5.42. The smallest absolute Gasteiger partial charge is 0.288 e. The van der Waals surface area contributed by atoms with Crippen molar-refractivity contribution in [3.63, 3.8) is 0 Å². The fourth-order valence-electron chi connectivity index (χ4n) is 2.33. The van der Waals surface area contributed by atoms with Gasteiger partial charge in [-0.15, -0.1) is 0 Å². The number of hydrogen-bond acceptors (Lipinski definition) is 6. The van der Waals surface area contributed by atoms with Gasteiger partial charge in [-0.2, -0.15) is 0 Å². The minimum Gasteiger partial charge on any atom is -0.457 e. The normalized spacial score (nSPS) is 16.0. The Morgan fingerprint density at radius 2 is 1.96 bits per heavy atom. The van der Waals surface area contributed by atoms with Crippen molar-refractivity contribution in [3.05, 3.63) is 55.8 Å². The van der Waals surface area contributed by atoms with Crippen molar-refractivity contribution < 1.29 is 18.9 Å². The maximum Gasteiger partial charge on any atom is 0.288 e. The number of thiocarbonyl (C=S) groups is 1. The molecule has 0 bridgehead atoms. The van der Waals surface area contributed by atoms with Crippen LogP contribution in [0.3, 0.4) is 0 Å². The summed E-state index contributed by atoms with van der Waals surface area (Å²) >= 11 is 16.8. The molecule has 2 aromatic rings. The molecule has 1 aliphatic heterocycles. The summed E-state index contributed by atoms with van der Waals surface area (Å²) in [5, 5.41) is 13.5. The van der Waals surface area contributed by atoms with E-state index in [1.54, 1.807) is 0 Å². The number of nitro groups is 1. The second kappa shape index (κ2) is 7.10. The molecular formula is C16H9Cl2N3O5S. The maximum atomic E-state index is 12.2. The summed E-state index contributed by atoms with van der Waals surface area (Å²) in [7, 11) is 1.43. The number of halogens is 2. The number of likely N-dealkylation sites (N-methyl/N-ethyl adjacent to an activating group) is 1. The van der Waals surface area contributed by atoms with E-state index in [2.05, 4.69) is 5.32 Å². The van der Waals surface area contributed by atoms with E-state index < -0.39 is 16.7 Å². The van der Waals surface area contributed by atoms with Gasteiger partial charge in [-0.05, 0) is 36.5 Å². The number of nitrogens with one attached hydrogen (secondary N) is 1. The molecule has 1 N–H and O–H groups in total. The molecule has 2 heterocycles. The third-order valence-corrected chi connectivity index (χ3v) is 4.71. The number of benzene rings is 1. The van der Waals surface area contributed by atoms with E-state index in [4.69, 9.17) is 39.8 Å². The lowest BCUT2D eigenvalue weighted by molar-refractivity contribution is -0.384. The number of nitro benzene ring substituents is 1. The molecule has 0 aliphatic carbocycles. The van der Waals surface area contributed by atoms with Crippen molar-refractivity contribution in [1.29, 1.82) is 0 Å². The topological polar surface area (TPSA) is 106 Å². The number of nitrogens with zero attached hydrogens (tertiary/aromatic N) is 2. The Morgan fingerprint density at radius 1 is 1.26 bits per heavy atom. The van der Waals surface area contributed by atoms with E-state index in [0.717, 1.165) is 4.90 Å². The first-order valence-electron chi connectivity index (χ1n) is 7.27. The zero-order valence-electron chi connectivity index (χ0n) is 13.5. The first-order valence-corrected chi connectivity index (χ1v) is 8.44. The van der Waals surface area contributed by atoms with E-state index >= 15 is 0 Å². The Kier molecular flexibility index (Phi) is 5.01. The van der Waals surface area contributed by atoms with Gasteiger partial charge in [0.1, 0.15) is 22.1 Å². The molecule has 1 aliphatic rings. The summed E-state index contributed by atoms with van der Waals surface area (Å²) in [6.07, 6.45) is 1.25. The summed E-state index contributed by atoms with van der Waals surface area (Å²) in [6, 6.07) is 5.42. The zero-order valence-corrected chi connectivity index (χ0v) is 15.8. The molecule has 1 fully saturated rings. The van der Waals surface area contributed by atoms with Gasteiger partial charge in [-0.3, -0.25) is 29.9 Å². The van der Waals surface area contributed by atoms with E-state index in [9.17, 15) is 19.7 Å². The number of hydrogen-bond donors (Lipinski definition) is 1. The molecule has 138 valence electrons. The van der Waals surface area contributed by atoms with Crippen molar-refractivity contribution in [3.8, 4) is 11.3 Å². The van der Waals surface area contributed by atoms with Crippen LogP contribution in [0.1, 0.15) is 5.76 Å². The average molecular weight is 426 g/mol. The zero-order chi connectivity index (χ0) is 19.9. The molecule has 27 heavy (non-hydrogen) atoms. The van der Waals surface area contributed by atoms with E-state index in [1.807, 2.05) is 0 Å². The van der Waals surface area contributed by atoms with Gasteiger partial charge in [0.25, 0.3) is 17.5 Å². The number of furan rings is 1. The Labute approximate surface area is 167 Å². The number of carbonyl (C=O) groups excluding carboxylic acids is 2. The molecule has 8 nitrogen and oxygen atoms in total. The first-order chi connectivity index (χ1) is 12.7. The minimum absolute atomic E-state index is 0.00235. The molecule has 11 heteroatoms. The number of carbonyl (C=O) groups is 2. The molecule has 0 unspecified atom stereocenters. The summed E-state index contributed by atoms with van der Waals surface area (Å²) in [5.41, 5.74) is -0.250. The van der Waals surface area contributed by atoms with Crippen LogP contribution >= 0.6 is 35.4 Å². The highest BCUT2D eigenvalue weighted by Crippen LogP contribution is 2.37. The van der Waals surface area contributed by atoms with Crippen molar-refractivity contribution in [2.75, 3.05) is 7.05 Å². The fourth-order valence-corrected chi connectivity index (χ4v) is 3.05. The van der Waals surface area contributed by atoms with Crippen LogP contribution in [0, 0.1) is 10.1 Å².